The van der Waals surface area contributed by atoms with Gasteiger partial charge in [0.05, 0.1) is 32.8 Å². The summed E-state index contributed by atoms with van der Waals surface area (Å²) < 4.78 is 67.5. The van der Waals surface area contributed by atoms with Crippen LogP contribution in [-0.4, -0.2) is 29.0 Å². The third kappa shape index (κ3) is 6.22. The second-order valence-electron chi connectivity index (χ2n) is 9.65. The normalized spacial score (nSPS) is 17.5. The molecule has 3 aromatic rings. The van der Waals surface area contributed by atoms with Gasteiger partial charge in [-0.25, -0.2) is 8.78 Å². The molecular formula is C28H19Cl4F5N2O3. The van der Waals surface area contributed by atoms with Crippen LogP contribution in [0.4, 0.5) is 33.3 Å². The van der Waals surface area contributed by atoms with Gasteiger partial charge in [0.2, 0.25) is 5.91 Å². The molecule has 5 nitrogen and oxygen atoms in total. The molecule has 0 aliphatic heterocycles. The Kier molecular flexibility index (Phi) is 8.87. The molecule has 14 heteroatoms. The topological polar surface area (TPSA) is 66.5 Å². The van der Waals surface area contributed by atoms with E-state index in [-0.39, 0.29) is 27.5 Å². The maximum atomic E-state index is 15.1. The van der Waals surface area contributed by atoms with E-state index in [1.54, 1.807) is 0 Å². The van der Waals surface area contributed by atoms with Crippen molar-refractivity contribution in [3.05, 3.63) is 92.5 Å². The highest BCUT2D eigenvalue weighted by molar-refractivity contribution is 6.53. The summed E-state index contributed by atoms with van der Waals surface area (Å²) in [6.07, 6.45) is -5.26. The third-order valence-electron chi connectivity index (χ3n) is 6.71. The Hall–Kier alpha value is -2.92. The molecule has 42 heavy (non-hydrogen) atoms. The maximum Gasteiger partial charge on any atom is 0.417 e. The number of nitrogens with one attached hydrogen (secondary N) is 1. The van der Waals surface area contributed by atoms with Crippen LogP contribution in [0.25, 0.3) is 0 Å². The summed E-state index contributed by atoms with van der Waals surface area (Å²) in [5.41, 5.74) is -1.99. The fourth-order valence-corrected chi connectivity index (χ4v) is 5.80. The van der Waals surface area contributed by atoms with E-state index in [0.717, 1.165) is 36.1 Å². The fourth-order valence-electron chi connectivity index (χ4n) is 4.55. The second kappa shape index (κ2) is 11.6. The van der Waals surface area contributed by atoms with E-state index in [1.165, 1.54) is 31.3 Å². The number of nitrogens with zero attached hydrogens (tertiary/aromatic N) is 1. The average Bonchev–Trinajstić information content (AvgIpc) is 3.48. The molecule has 0 spiro atoms. The van der Waals surface area contributed by atoms with E-state index < -0.39 is 74.1 Å². The first kappa shape index (κ1) is 32.0. The quantitative estimate of drug-likeness (QED) is 0.204. The number of benzene rings is 3. The molecule has 0 saturated heterocycles. The van der Waals surface area contributed by atoms with Gasteiger partial charge in [-0.05, 0) is 55.0 Å². The Morgan fingerprint density at radius 2 is 1.62 bits per heavy atom. The number of alkyl halides is 5. The van der Waals surface area contributed by atoms with Crippen molar-refractivity contribution in [2.75, 3.05) is 17.3 Å². The highest BCUT2D eigenvalue weighted by Gasteiger charge is 2.67. The minimum Gasteiger partial charge on any atom is -0.326 e. The lowest BCUT2D eigenvalue weighted by Gasteiger charge is -2.20. The van der Waals surface area contributed by atoms with Gasteiger partial charge < -0.3 is 10.2 Å². The standard InChI is InChI=1S/C28H19Cl4F5N2O3/c1-12(40)9-16-20(33)7-8-21(24(16)34)39(2)26(42)15-11-14(4-6-18(15)29)38-25(41)23-22(27(23,31)32)13-3-5-19(30)17(10-13)28(35,36)37/h3-8,10-11,22-23H,9H2,1-2H3,(H,38,41)/t22-,23+/m0/s1. The number of Topliss-reactive ketones (excluding diaryl/α,β-unsaturated/α-hetero) is 1. The molecule has 0 radical (unpaired) electrons. The van der Waals surface area contributed by atoms with Crippen molar-refractivity contribution in [1.82, 2.24) is 0 Å². The van der Waals surface area contributed by atoms with Crippen molar-refractivity contribution in [2.24, 2.45) is 5.92 Å². The zero-order valence-electron chi connectivity index (χ0n) is 21.6. The SMILES string of the molecule is CC(=O)Cc1c(F)ccc(N(C)C(=O)c2cc(NC(=O)[C@H]3[C@H](c4ccc(Cl)c(C(F)(F)F)c4)C3(Cl)Cl)ccc2Cl)c1F. The summed E-state index contributed by atoms with van der Waals surface area (Å²) in [7, 11) is 1.21. The third-order valence-corrected chi connectivity index (χ3v) is 8.31. The molecule has 1 N–H and O–H groups in total. The van der Waals surface area contributed by atoms with Crippen LogP contribution in [0.2, 0.25) is 10.0 Å². The van der Waals surface area contributed by atoms with Crippen LogP contribution in [-0.2, 0) is 22.2 Å². The van der Waals surface area contributed by atoms with Gasteiger partial charge in [0.1, 0.15) is 15.9 Å². The largest absolute Gasteiger partial charge is 0.417 e. The molecule has 4 rings (SSSR count). The predicted molar refractivity (Wildman–Crippen MR) is 151 cm³/mol. The fraction of sp³-hybridized carbons (Fsp3) is 0.250. The number of hydrogen-bond acceptors (Lipinski definition) is 3. The van der Waals surface area contributed by atoms with Crippen molar-refractivity contribution in [3.8, 4) is 0 Å². The van der Waals surface area contributed by atoms with Crippen LogP contribution in [0.15, 0.2) is 48.5 Å². The molecular weight excluding hydrogens is 649 g/mol. The van der Waals surface area contributed by atoms with Gasteiger partial charge >= 0.3 is 6.18 Å². The van der Waals surface area contributed by atoms with E-state index in [0.29, 0.717) is 0 Å². The lowest BCUT2D eigenvalue weighted by atomic mass is 10.0. The van der Waals surface area contributed by atoms with Gasteiger partial charge in [0.15, 0.2) is 5.82 Å². The van der Waals surface area contributed by atoms with Gasteiger partial charge in [-0.2, -0.15) is 13.2 Å². The molecule has 1 fully saturated rings. The van der Waals surface area contributed by atoms with Crippen molar-refractivity contribution >= 4 is 75.4 Å². The minimum absolute atomic E-state index is 0.0518. The summed E-state index contributed by atoms with van der Waals surface area (Å²) in [6, 6.07) is 8.90. The van der Waals surface area contributed by atoms with Gasteiger partial charge in [-0.1, -0.05) is 29.3 Å². The molecule has 2 atom stereocenters. The minimum atomic E-state index is -4.74. The zero-order valence-corrected chi connectivity index (χ0v) is 24.6. The molecule has 0 bridgehead atoms. The molecule has 3 aromatic carbocycles. The van der Waals surface area contributed by atoms with Crippen LogP contribution >= 0.6 is 46.4 Å². The highest BCUT2D eigenvalue weighted by atomic mass is 35.5. The van der Waals surface area contributed by atoms with E-state index >= 15 is 4.39 Å². The molecule has 0 heterocycles. The molecule has 222 valence electrons. The molecule has 1 aliphatic rings. The number of carbonyl (C=O) groups excluding carboxylic acids is 3. The number of ketones is 1. The van der Waals surface area contributed by atoms with Crippen LogP contribution < -0.4 is 10.2 Å². The van der Waals surface area contributed by atoms with Crippen molar-refractivity contribution in [2.45, 2.75) is 29.8 Å². The molecule has 1 aliphatic carbocycles. The lowest BCUT2D eigenvalue weighted by molar-refractivity contribution is -0.137. The number of hydrogen-bond donors (Lipinski definition) is 1. The van der Waals surface area contributed by atoms with Crippen LogP contribution in [0.1, 0.15) is 39.9 Å². The Labute approximate surface area is 256 Å². The second-order valence-corrected chi connectivity index (χ2v) is 11.9. The first-order valence-electron chi connectivity index (χ1n) is 12.0. The van der Waals surface area contributed by atoms with E-state index in [4.69, 9.17) is 46.4 Å². The molecule has 2 amide bonds. The highest BCUT2D eigenvalue weighted by Crippen LogP contribution is 2.65. The van der Waals surface area contributed by atoms with E-state index in [9.17, 15) is 31.9 Å². The van der Waals surface area contributed by atoms with E-state index in [1.807, 2.05) is 0 Å². The number of amides is 2. The average molecular weight is 668 g/mol. The van der Waals surface area contributed by atoms with Gasteiger partial charge in [0, 0.05) is 30.6 Å². The number of rotatable bonds is 7. The Bertz CT molecular complexity index is 1610. The Morgan fingerprint density at radius 1 is 0.976 bits per heavy atom. The number of anilines is 2. The monoisotopic (exact) mass is 666 g/mol. The van der Waals surface area contributed by atoms with Gasteiger partial charge in [0.25, 0.3) is 5.91 Å². The maximum absolute atomic E-state index is 15.1. The predicted octanol–water partition coefficient (Wildman–Crippen LogP) is 8.22. The molecule has 0 unspecified atom stereocenters. The summed E-state index contributed by atoms with van der Waals surface area (Å²) in [5, 5.41) is 1.93. The van der Waals surface area contributed by atoms with E-state index in [2.05, 4.69) is 5.32 Å². The van der Waals surface area contributed by atoms with Crippen molar-refractivity contribution in [3.63, 3.8) is 0 Å². The smallest absolute Gasteiger partial charge is 0.326 e. The molecule has 1 saturated carbocycles. The van der Waals surface area contributed by atoms with Crippen molar-refractivity contribution in [1.29, 1.82) is 0 Å². The van der Waals surface area contributed by atoms with Crippen LogP contribution in [0.5, 0.6) is 0 Å². The summed E-state index contributed by atoms with van der Waals surface area (Å²) >= 11 is 24.5. The van der Waals surface area contributed by atoms with Crippen molar-refractivity contribution < 1.29 is 36.3 Å². The first-order valence-corrected chi connectivity index (χ1v) is 13.6. The number of carbonyl (C=O) groups is 3. The summed E-state index contributed by atoms with van der Waals surface area (Å²) in [5.74, 6) is -6.27. The molecule has 0 aromatic heterocycles. The Morgan fingerprint density at radius 3 is 2.24 bits per heavy atom. The summed E-state index contributed by atoms with van der Waals surface area (Å²) in [6.45, 7) is 1.16. The van der Waals surface area contributed by atoms with Crippen LogP contribution in [0.3, 0.4) is 0 Å². The number of halogens is 9. The van der Waals surface area contributed by atoms with Crippen LogP contribution in [0, 0.1) is 17.6 Å². The Balaban J connectivity index is 1.57. The first-order chi connectivity index (χ1) is 19.4. The summed E-state index contributed by atoms with van der Waals surface area (Å²) in [4.78, 5) is 38.7. The van der Waals surface area contributed by atoms with Gasteiger partial charge in [-0.15, -0.1) is 23.2 Å². The zero-order chi connectivity index (χ0) is 31.3. The van der Waals surface area contributed by atoms with Gasteiger partial charge in [-0.3, -0.25) is 14.4 Å². The lowest BCUT2D eigenvalue weighted by Crippen LogP contribution is -2.28.